The number of amides is 2. The van der Waals surface area contributed by atoms with Gasteiger partial charge in [-0.25, -0.2) is 9.59 Å². The lowest BCUT2D eigenvalue weighted by molar-refractivity contribution is -0.142. The van der Waals surface area contributed by atoms with Crippen LogP contribution in [0.4, 0.5) is 4.79 Å². The summed E-state index contributed by atoms with van der Waals surface area (Å²) < 4.78 is 11.8. The van der Waals surface area contributed by atoms with E-state index in [1.807, 2.05) is 24.3 Å². The van der Waals surface area contributed by atoms with Crippen molar-refractivity contribution in [3.8, 4) is 0 Å². The predicted molar refractivity (Wildman–Crippen MR) is 91.2 cm³/mol. The van der Waals surface area contributed by atoms with Crippen LogP contribution in [0.3, 0.4) is 0 Å². The highest BCUT2D eigenvalue weighted by Crippen LogP contribution is 2.29. The largest absolute Gasteiger partial charge is 0.459 e. The predicted octanol–water partition coefficient (Wildman–Crippen LogP) is 2.80. The molecule has 0 aromatic heterocycles. The number of esters is 1. The number of allylic oxidation sites excluding steroid dienone is 1. The summed E-state index contributed by atoms with van der Waals surface area (Å²) in [7, 11) is 0. The number of carbonyl (C=O) groups is 2. The van der Waals surface area contributed by atoms with Gasteiger partial charge >= 0.3 is 12.0 Å². The zero-order valence-electron chi connectivity index (χ0n) is 13.3. The van der Waals surface area contributed by atoms with Gasteiger partial charge in [-0.05, 0) is 37.5 Å². The number of ether oxygens (including phenoxy) is 2. The third-order valence-corrected chi connectivity index (χ3v) is 4.59. The standard InChI is InChI=1S/C17H19BrN2O4/c1-10-14(16(21)24-9-13-6-3-7-23-13)15(20-17(22)19-10)11-4-2-5-12(18)8-11/h2,4-5,8,13,15H,3,6-7,9H2,1H3,(H2,19,20,22)/t13-,15+/m1/s1. The molecule has 2 aliphatic heterocycles. The summed E-state index contributed by atoms with van der Waals surface area (Å²) in [6.45, 7) is 2.64. The smallest absolute Gasteiger partial charge is 0.338 e. The van der Waals surface area contributed by atoms with E-state index in [1.165, 1.54) is 0 Å². The van der Waals surface area contributed by atoms with E-state index in [9.17, 15) is 9.59 Å². The minimum atomic E-state index is -0.548. The van der Waals surface area contributed by atoms with Gasteiger partial charge in [0.05, 0.1) is 17.7 Å². The second-order valence-corrected chi connectivity index (χ2v) is 6.77. The number of nitrogens with one attached hydrogen (secondary N) is 2. The van der Waals surface area contributed by atoms with Crippen LogP contribution in [-0.2, 0) is 14.3 Å². The van der Waals surface area contributed by atoms with Crippen molar-refractivity contribution in [2.24, 2.45) is 0 Å². The number of halogens is 1. The Morgan fingerprint density at radius 1 is 1.46 bits per heavy atom. The second kappa shape index (κ2) is 7.36. The zero-order chi connectivity index (χ0) is 17.1. The fraction of sp³-hybridized carbons (Fsp3) is 0.412. The third kappa shape index (κ3) is 3.79. The summed E-state index contributed by atoms with van der Waals surface area (Å²) >= 11 is 3.41. The van der Waals surface area contributed by atoms with E-state index in [4.69, 9.17) is 9.47 Å². The van der Waals surface area contributed by atoms with E-state index in [1.54, 1.807) is 6.92 Å². The molecule has 1 fully saturated rings. The second-order valence-electron chi connectivity index (χ2n) is 5.86. The first-order valence-electron chi connectivity index (χ1n) is 7.87. The average molecular weight is 395 g/mol. The van der Waals surface area contributed by atoms with Crippen molar-refractivity contribution in [2.75, 3.05) is 13.2 Å². The van der Waals surface area contributed by atoms with Gasteiger partial charge in [-0.2, -0.15) is 0 Å². The van der Waals surface area contributed by atoms with Crippen molar-refractivity contribution in [3.63, 3.8) is 0 Å². The van der Waals surface area contributed by atoms with E-state index in [0.29, 0.717) is 17.9 Å². The number of hydrogen-bond donors (Lipinski definition) is 2. The van der Waals surface area contributed by atoms with Gasteiger partial charge in [-0.15, -0.1) is 0 Å². The first-order valence-corrected chi connectivity index (χ1v) is 8.66. The SMILES string of the molecule is CC1=C(C(=O)OC[C@H]2CCCO2)[C@H](c2cccc(Br)c2)NC(=O)N1. The Kier molecular flexibility index (Phi) is 5.20. The minimum Gasteiger partial charge on any atom is -0.459 e. The Labute approximate surface area is 148 Å². The molecule has 7 heteroatoms. The summed E-state index contributed by atoms with van der Waals surface area (Å²) in [5.41, 5.74) is 1.72. The molecule has 2 aliphatic rings. The molecule has 1 aromatic carbocycles. The number of rotatable bonds is 4. The first-order chi connectivity index (χ1) is 11.5. The third-order valence-electron chi connectivity index (χ3n) is 4.10. The zero-order valence-corrected chi connectivity index (χ0v) is 14.9. The van der Waals surface area contributed by atoms with Gasteiger partial charge in [0, 0.05) is 16.8 Å². The molecule has 0 radical (unpaired) electrons. The maximum absolute atomic E-state index is 12.6. The molecule has 6 nitrogen and oxygen atoms in total. The van der Waals surface area contributed by atoms with Crippen LogP contribution in [0, 0.1) is 0 Å². The molecule has 0 saturated carbocycles. The summed E-state index contributed by atoms with van der Waals surface area (Å²) in [5.74, 6) is -0.444. The molecule has 0 bridgehead atoms. The fourth-order valence-corrected chi connectivity index (χ4v) is 3.34. The van der Waals surface area contributed by atoms with Crippen molar-refractivity contribution < 1.29 is 19.1 Å². The molecule has 0 unspecified atom stereocenters. The van der Waals surface area contributed by atoms with E-state index in [0.717, 1.165) is 22.9 Å². The van der Waals surface area contributed by atoms with Crippen molar-refractivity contribution >= 4 is 27.9 Å². The first kappa shape index (κ1) is 17.0. The molecule has 1 aromatic rings. The Morgan fingerprint density at radius 3 is 3.00 bits per heavy atom. The lowest BCUT2D eigenvalue weighted by atomic mass is 9.96. The van der Waals surface area contributed by atoms with Crippen molar-refractivity contribution in [1.82, 2.24) is 10.6 Å². The molecule has 2 atom stereocenters. The number of urea groups is 1. The molecule has 2 N–H and O–H groups in total. The molecule has 3 rings (SSSR count). The van der Waals surface area contributed by atoms with Crippen LogP contribution in [0.1, 0.15) is 31.4 Å². The average Bonchev–Trinajstić information content (AvgIpc) is 3.05. The Balaban J connectivity index is 1.81. The normalized spacial score (nSPS) is 23.7. The Morgan fingerprint density at radius 2 is 2.29 bits per heavy atom. The van der Waals surface area contributed by atoms with Crippen LogP contribution >= 0.6 is 15.9 Å². The molecule has 0 aliphatic carbocycles. The van der Waals surface area contributed by atoms with Gasteiger partial charge in [0.15, 0.2) is 0 Å². The van der Waals surface area contributed by atoms with Crippen molar-refractivity contribution in [2.45, 2.75) is 31.9 Å². The lowest BCUT2D eigenvalue weighted by Gasteiger charge is -2.28. The maximum atomic E-state index is 12.6. The number of hydrogen-bond acceptors (Lipinski definition) is 4. The highest BCUT2D eigenvalue weighted by molar-refractivity contribution is 9.10. The van der Waals surface area contributed by atoms with Crippen LogP contribution in [0.25, 0.3) is 0 Å². The quantitative estimate of drug-likeness (QED) is 0.769. The summed E-state index contributed by atoms with van der Waals surface area (Å²) in [5, 5.41) is 5.43. The maximum Gasteiger partial charge on any atom is 0.338 e. The van der Waals surface area contributed by atoms with E-state index in [-0.39, 0.29) is 18.7 Å². The van der Waals surface area contributed by atoms with Crippen molar-refractivity contribution in [3.05, 3.63) is 45.6 Å². The fourth-order valence-electron chi connectivity index (χ4n) is 2.92. The molecule has 24 heavy (non-hydrogen) atoms. The summed E-state index contributed by atoms with van der Waals surface area (Å²) in [6.07, 6.45) is 1.85. The van der Waals surface area contributed by atoms with Crippen LogP contribution < -0.4 is 10.6 Å². The molecule has 128 valence electrons. The molecule has 2 heterocycles. The van der Waals surface area contributed by atoms with Gasteiger partial charge < -0.3 is 20.1 Å². The highest BCUT2D eigenvalue weighted by Gasteiger charge is 2.32. The molecule has 2 amide bonds. The molecule has 0 spiro atoms. The van der Waals surface area contributed by atoms with E-state index >= 15 is 0 Å². The Bertz CT molecular complexity index is 683. The number of benzene rings is 1. The van der Waals surface area contributed by atoms with Crippen LogP contribution in [-0.4, -0.2) is 31.3 Å². The highest BCUT2D eigenvalue weighted by atomic mass is 79.9. The van der Waals surface area contributed by atoms with Crippen molar-refractivity contribution in [1.29, 1.82) is 0 Å². The van der Waals surface area contributed by atoms with Gasteiger partial charge in [-0.1, -0.05) is 28.1 Å². The van der Waals surface area contributed by atoms with Crippen LogP contribution in [0.5, 0.6) is 0 Å². The van der Waals surface area contributed by atoms with Crippen LogP contribution in [0.2, 0.25) is 0 Å². The molecule has 1 saturated heterocycles. The topological polar surface area (TPSA) is 76.7 Å². The van der Waals surface area contributed by atoms with Gasteiger partial charge in [0.2, 0.25) is 0 Å². The van der Waals surface area contributed by atoms with Gasteiger partial charge in [-0.3, -0.25) is 0 Å². The number of carbonyl (C=O) groups excluding carboxylic acids is 2. The summed E-state index contributed by atoms with van der Waals surface area (Å²) in [4.78, 5) is 24.4. The minimum absolute atomic E-state index is 0.0367. The Hall–Kier alpha value is -1.86. The molecular formula is C17H19BrN2O4. The lowest BCUT2D eigenvalue weighted by Crippen LogP contribution is -2.45. The summed E-state index contributed by atoms with van der Waals surface area (Å²) in [6, 6.07) is 6.59. The monoisotopic (exact) mass is 394 g/mol. The van der Waals surface area contributed by atoms with Gasteiger partial charge in [0.25, 0.3) is 0 Å². The van der Waals surface area contributed by atoms with E-state index < -0.39 is 12.0 Å². The van der Waals surface area contributed by atoms with Gasteiger partial charge in [0.1, 0.15) is 6.61 Å². The molecular weight excluding hydrogens is 376 g/mol. The van der Waals surface area contributed by atoms with E-state index in [2.05, 4.69) is 26.6 Å². The van der Waals surface area contributed by atoms with Crippen LogP contribution in [0.15, 0.2) is 40.0 Å².